The molecule has 1 heterocycles. The molecule has 0 unspecified atom stereocenters. The Morgan fingerprint density at radius 1 is 1.13 bits per heavy atom. The molecule has 0 saturated heterocycles. The largest absolute Gasteiger partial charge is 0.321 e. The molecular weight excluding hydrogens is 294 g/mol. The highest BCUT2D eigenvalue weighted by Gasteiger charge is 2.16. The number of carbonyl (C=O) groups excluding carboxylic acids is 1. The Morgan fingerprint density at radius 3 is 2.65 bits per heavy atom. The van der Waals surface area contributed by atoms with Crippen molar-refractivity contribution >= 4 is 28.2 Å². The van der Waals surface area contributed by atoms with Crippen LogP contribution in [0.2, 0.25) is 0 Å². The molecule has 0 atom stereocenters. The number of pyridine rings is 1. The predicted molar refractivity (Wildman–Crippen MR) is 87.5 cm³/mol. The first-order valence-electron chi connectivity index (χ1n) is 6.97. The molecule has 2 aromatic carbocycles. The summed E-state index contributed by atoms with van der Waals surface area (Å²) in [6.45, 7) is 1.61. The van der Waals surface area contributed by atoms with E-state index in [-0.39, 0.29) is 11.6 Å². The zero-order chi connectivity index (χ0) is 16.4. The van der Waals surface area contributed by atoms with E-state index in [1.165, 1.54) is 6.07 Å². The Labute approximate surface area is 131 Å². The average Bonchev–Trinajstić information content (AvgIpc) is 2.56. The maximum absolute atomic E-state index is 12.5. The van der Waals surface area contributed by atoms with Crippen LogP contribution in [0.5, 0.6) is 0 Å². The summed E-state index contributed by atoms with van der Waals surface area (Å²) < 4.78 is 0. The highest BCUT2D eigenvalue weighted by molar-refractivity contribution is 6.12. The van der Waals surface area contributed by atoms with Crippen LogP contribution < -0.4 is 5.32 Å². The number of benzene rings is 2. The van der Waals surface area contributed by atoms with Gasteiger partial charge in [0, 0.05) is 17.6 Å². The van der Waals surface area contributed by atoms with Gasteiger partial charge in [0.2, 0.25) is 0 Å². The van der Waals surface area contributed by atoms with Gasteiger partial charge in [-0.05, 0) is 25.1 Å². The molecule has 0 bridgehead atoms. The fraction of sp³-hybridized carbons (Fsp3) is 0.0588. The zero-order valence-corrected chi connectivity index (χ0v) is 12.3. The van der Waals surface area contributed by atoms with Crippen molar-refractivity contribution in [1.82, 2.24) is 4.98 Å². The number of hydrogen-bond acceptors (Lipinski definition) is 4. The van der Waals surface area contributed by atoms with Crippen LogP contribution in [0.15, 0.2) is 54.7 Å². The van der Waals surface area contributed by atoms with Gasteiger partial charge in [0.25, 0.3) is 11.6 Å². The second-order valence-corrected chi connectivity index (χ2v) is 5.04. The first-order valence-corrected chi connectivity index (χ1v) is 6.97. The van der Waals surface area contributed by atoms with E-state index in [9.17, 15) is 14.9 Å². The van der Waals surface area contributed by atoms with Gasteiger partial charge < -0.3 is 5.32 Å². The van der Waals surface area contributed by atoms with Crippen LogP contribution in [-0.2, 0) is 0 Å². The maximum atomic E-state index is 12.5. The van der Waals surface area contributed by atoms with Gasteiger partial charge in [0.1, 0.15) is 0 Å². The lowest BCUT2D eigenvalue weighted by Crippen LogP contribution is -2.14. The van der Waals surface area contributed by atoms with Crippen LogP contribution in [0.3, 0.4) is 0 Å². The first-order chi connectivity index (χ1) is 11.1. The number of fused-ring (bicyclic) bond motifs is 1. The van der Waals surface area contributed by atoms with E-state index in [1.54, 1.807) is 43.5 Å². The molecule has 3 aromatic rings. The van der Waals surface area contributed by atoms with E-state index in [0.717, 1.165) is 5.39 Å². The minimum absolute atomic E-state index is 0.0288. The lowest BCUT2D eigenvalue weighted by atomic mass is 10.1. The molecule has 0 aliphatic carbocycles. The van der Waals surface area contributed by atoms with Crippen LogP contribution in [0.4, 0.5) is 11.4 Å². The fourth-order valence-corrected chi connectivity index (χ4v) is 2.43. The van der Waals surface area contributed by atoms with Crippen molar-refractivity contribution in [3.8, 4) is 0 Å². The Kier molecular flexibility index (Phi) is 3.72. The van der Waals surface area contributed by atoms with Crippen molar-refractivity contribution in [2.45, 2.75) is 6.92 Å². The van der Waals surface area contributed by atoms with Crippen molar-refractivity contribution in [3.05, 3.63) is 76.0 Å². The lowest BCUT2D eigenvalue weighted by molar-refractivity contribution is -0.385. The summed E-state index contributed by atoms with van der Waals surface area (Å²) in [6.07, 6.45) is 1.62. The third-order valence-electron chi connectivity index (χ3n) is 3.63. The van der Waals surface area contributed by atoms with Crippen molar-refractivity contribution in [2.75, 3.05) is 5.32 Å². The quantitative estimate of drug-likeness (QED) is 0.590. The van der Waals surface area contributed by atoms with E-state index < -0.39 is 4.92 Å². The van der Waals surface area contributed by atoms with Gasteiger partial charge in [-0.15, -0.1) is 0 Å². The van der Waals surface area contributed by atoms with Crippen LogP contribution >= 0.6 is 0 Å². The number of rotatable bonds is 3. The highest BCUT2D eigenvalue weighted by atomic mass is 16.6. The molecule has 0 fully saturated rings. The number of anilines is 1. The summed E-state index contributed by atoms with van der Waals surface area (Å²) in [7, 11) is 0. The number of aromatic nitrogens is 1. The third-order valence-corrected chi connectivity index (χ3v) is 3.63. The molecule has 23 heavy (non-hydrogen) atoms. The number of nitro groups is 1. The molecule has 0 spiro atoms. The van der Waals surface area contributed by atoms with E-state index >= 15 is 0 Å². The van der Waals surface area contributed by atoms with Gasteiger partial charge >= 0.3 is 0 Å². The molecule has 3 rings (SSSR count). The van der Waals surface area contributed by atoms with Crippen molar-refractivity contribution in [3.63, 3.8) is 0 Å². The van der Waals surface area contributed by atoms with E-state index in [0.29, 0.717) is 22.3 Å². The number of para-hydroxylation sites is 1. The van der Waals surface area contributed by atoms with Gasteiger partial charge in [-0.25, -0.2) is 0 Å². The molecule has 0 saturated carbocycles. The summed E-state index contributed by atoms with van der Waals surface area (Å²) >= 11 is 0. The summed E-state index contributed by atoms with van der Waals surface area (Å²) in [5, 5.41) is 14.6. The normalized spacial score (nSPS) is 10.5. The fourth-order valence-electron chi connectivity index (χ4n) is 2.43. The molecule has 1 N–H and O–H groups in total. The van der Waals surface area contributed by atoms with E-state index in [4.69, 9.17) is 0 Å². The van der Waals surface area contributed by atoms with Gasteiger partial charge in [0.15, 0.2) is 0 Å². The standard InChI is InChI=1S/C17H13N3O3/c1-11-14(8-3-9-15(11)20(22)23)19-17(21)13-7-2-5-12-6-4-10-18-16(12)13/h2-10H,1H3,(H,19,21). The molecule has 114 valence electrons. The highest BCUT2D eigenvalue weighted by Crippen LogP contribution is 2.26. The second kappa shape index (κ2) is 5.84. The second-order valence-electron chi connectivity index (χ2n) is 5.04. The maximum Gasteiger partial charge on any atom is 0.274 e. The minimum Gasteiger partial charge on any atom is -0.321 e. The van der Waals surface area contributed by atoms with Crippen molar-refractivity contribution < 1.29 is 9.72 Å². The molecule has 1 aromatic heterocycles. The molecule has 1 amide bonds. The Balaban J connectivity index is 1.99. The average molecular weight is 307 g/mol. The topological polar surface area (TPSA) is 85.1 Å². The van der Waals surface area contributed by atoms with Crippen molar-refractivity contribution in [2.24, 2.45) is 0 Å². The monoisotopic (exact) mass is 307 g/mol. The summed E-state index contributed by atoms with van der Waals surface area (Å²) in [6, 6.07) is 13.6. The zero-order valence-electron chi connectivity index (χ0n) is 12.3. The number of hydrogen-bond donors (Lipinski definition) is 1. The molecule has 0 aliphatic rings. The first kappa shape index (κ1) is 14.6. The van der Waals surface area contributed by atoms with Crippen LogP contribution in [0.25, 0.3) is 10.9 Å². The molecule has 0 aliphatic heterocycles. The number of nitrogens with zero attached hydrogens (tertiary/aromatic N) is 2. The number of carbonyl (C=O) groups is 1. The van der Waals surface area contributed by atoms with Gasteiger partial charge in [-0.1, -0.05) is 24.3 Å². The van der Waals surface area contributed by atoms with Crippen LogP contribution in [0.1, 0.15) is 15.9 Å². The van der Waals surface area contributed by atoms with Crippen LogP contribution in [0, 0.1) is 17.0 Å². The SMILES string of the molecule is Cc1c(NC(=O)c2cccc3cccnc23)cccc1[N+](=O)[O-]. The van der Waals surface area contributed by atoms with Gasteiger partial charge in [-0.3, -0.25) is 19.9 Å². The Morgan fingerprint density at radius 2 is 1.87 bits per heavy atom. The Bertz CT molecular complexity index is 917. The molecule has 6 heteroatoms. The van der Waals surface area contributed by atoms with Gasteiger partial charge in [0.05, 0.1) is 27.3 Å². The number of nitrogens with one attached hydrogen (secondary N) is 1. The predicted octanol–water partition coefficient (Wildman–Crippen LogP) is 3.70. The minimum atomic E-state index is -0.468. The molecule has 0 radical (unpaired) electrons. The smallest absolute Gasteiger partial charge is 0.274 e. The van der Waals surface area contributed by atoms with Crippen LogP contribution in [-0.4, -0.2) is 15.8 Å². The number of amides is 1. The summed E-state index contributed by atoms with van der Waals surface area (Å²) in [4.78, 5) is 27.3. The molecule has 6 nitrogen and oxygen atoms in total. The lowest BCUT2D eigenvalue weighted by Gasteiger charge is -2.10. The van der Waals surface area contributed by atoms with Crippen molar-refractivity contribution in [1.29, 1.82) is 0 Å². The summed E-state index contributed by atoms with van der Waals surface area (Å²) in [5.74, 6) is -0.349. The Hall–Kier alpha value is -3.28. The third kappa shape index (κ3) is 2.74. The van der Waals surface area contributed by atoms with E-state index in [2.05, 4.69) is 10.3 Å². The van der Waals surface area contributed by atoms with Gasteiger partial charge in [-0.2, -0.15) is 0 Å². The summed E-state index contributed by atoms with van der Waals surface area (Å²) in [5.41, 5.74) is 1.82. The van der Waals surface area contributed by atoms with E-state index in [1.807, 2.05) is 12.1 Å². The molecular formula is C17H13N3O3. The number of nitro benzene ring substituents is 1.